The number of aromatic hydroxyl groups is 1. The molecule has 30 heavy (non-hydrogen) atoms. The van der Waals surface area contributed by atoms with E-state index in [1.165, 1.54) is 0 Å². The molecule has 0 fully saturated rings. The minimum atomic E-state index is -0.120. The molecule has 1 heterocycles. The maximum absolute atomic E-state index is 9.82. The third-order valence-corrected chi connectivity index (χ3v) is 5.11. The molecule has 156 valence electrons. The summed E-state index contributed by atoms with van der Waals surface area (Å²) in [5.41, 5.74) is 9.57. The Morgan fingerprint density at radius 1 is 1.33 bits per heavy atom. The molecule has 4 N–H and O–H groups in total. The predicted octanol–water partition coefficient (Wildman–Crippen LogP) is 4.78. The smallest absolute Gasteiger partial charge is 0.132 e. The first-order chi connectivity index (χ1) is 14.5. The number of aromatic nitrogens is 1. The first kappa shape index (κ1) is 21.5. The second kappa shape index (κ2) is 9.98. The summed E-state index contributed by atoms with van der Waals surface area (Å²) in [4.78, 5) is 8.85. The molecule has 0 saturated carbocycles. The van der Waals surface area contributed by atoms with Gasteiger partial charge in [-0.3, -0.25) is 4.98 Å². The molecule has 0 saturated heterocycles. The molecular formula is C23H25ClN4O2. The normalized spacial score (nSPS) is 21.0. The highest BCUT2D eigenvalue weighted by molar-refractivity contribution is 6.33. The highest BCUT2D eigenvalue weighted by Gasteiger charge is 2.17. The number of phenolic OH excluding ortho intramolecular Hbond substituents is 1. The summed E-state index contributed by atoms with van der Waals surface area (Å²) in [6, 6.07) is 8.39. The van der Waals surface area contributed by atoms with E-state index in [1.807, 2.05) is 37.3 Å². The zero-order valence-electron chi connectivity index (χ0n) is 17.0. The number of methoxy groups -OCH3 is 1. The number of anilines is 1. The highest BCUT2D eigenvalue weighted by Crippen LogP contribution is 2.30. The van der Waals surface area contributed by atoms with Gasteiger partial charge in [0.2, 0.25) is 0 Å². The van der Waals surface area contributed by atoms with Crippen LogP contribution in [0.3, 0.4) is 0 Å². The summed E-state index contributed by atoms with van der Waals surface area (Å²) in [5.74, 6) is 1.34. The summed E-state index contributed by atoms with van der Waals surface area (Å²) >= 11 is 6.30. The molecule has 1 atom stereocenters. The Morgan fingerprint density at radius 2 is 2.17 bits per heavy atom. The Morgan fingerprint density at radius 3 is 2.90 bits per heavy atom. The SMILES string of the molecule is COC1=C/C/C(C(C)Nc2cc(O)ccc2Cl)=C(/N=C(\N)c2cccnc2)C/C=C\1. The number of hydrogen-bond donors (Lipinski definition) is 3. The summed E-state index contributed by atoms with van der Waals surface area (Å²) < 4.78 is 5.40. The molecule has 0 aliphatic heterocycles. The number of allylic oxidation sites excluding steroid dienone is 3. The van der Waals surface area contributed by atoms with Crippen molar-refractivity contribution in [3.05, 3.63) is 88.6 Å². The van der Waals surface area contributed by atoms with Gasteiger partial charge in [0.25, 0.3) is 0 Å². The van der Waals surface area contributed by atoms with E-state index < -0.39 is 0 Å². The van der Waals surface area contributed by atoms with Gasteiger partial charge in [0.15, 0.2) is 0 Å². The van der Waals surface area contributed by atoms with E-state index in [-0.39, 0.29) is 11.8 Å². The molecule has 1 aliphatic carbocycles. The van der Waals surface area contributed by atoms with Crippen LogP contribution in [0.15, 0.2) is 83.0 Å². The number of benzene rings is 1. The quantitative estimate of drug-likeness (QED) is 0.458. The van der Waals surface area contributed by atoms with E-state index in [1.54, 1.807) is 37.7 Å². The van der Waals surface area contributed by atoms with Crippen LogP contribution < -0.4 is 11.1 Å². The van der Waals surface area contributed by atoms with E-state index in [0.29, 0.717) is 29.4 Å². The topological polar surface area (TPSA) is 92.8 Å². The second-order valence-electron chi connectivity index (χ2n) is 6.86. The van der Waals surface area contributed by atoms with Crippen LogP contribution >= 0.6 is 11.6 Å². The minimum absolute atomic E-state index is 0.120. The van der Waals surface area contributed by atoms with Gasteiger partial charge >= 0.3 is 0 Å². The minimum Gasteiger partial charge on any atom is -0.508 e. The van der Waals surface area contributed by atoms with Gasteiger partial charge in [0.05, 0.1) is 17.8 Å². The molecule has 3 rings (SSSR count). The second-order valence-corrected chi connectivity index (χ2v) is 7.27. The molecule has 1 aromatic carbocycles. The van der Waals surface area contributed by atoms with E-state index in [0.717, 1.165) is 22.6 Å². The first-order valence-electron chi connectivity index (χ1n) is 9.60. The van der Waals surface area contributed by atoms with Gasteiger partial charge in [0.1, 0.15) is 17.3 Å². The number of nitrogens with zero attached hydrogens (tertiary/aromatic N) is 2. The average Bonchev–Trinajstić information content (AvgIpc) is 2.73. The van der Waals surface area contributed by atoms with Crippen molar-refractivity contribution in [2.75, 3.05) is 12.4 Å². The number of halogens is 1. The van der Waals surface area contributed by atoms with Crippen LogP contribution in [0.1, 0.15) is 25.3 Å². The van der Waals surface area contributed by atoms with E-state index in [2.05, 4.69) is 10.3 Å². The summed E-state index contributed by atoms with van der Waals surface area (Å²) in [6.07, 6.45) is 10.5. The van der Waals surface area contributed by atoms with Crippen LogP contribution in [0.5, 0.6) is 5.75 Å². The average molecular weight is 425 g/mol. The van der Waals surface area contributed by atoms with Crippen molar-refractivity contribution in [3.8, 4) is 5.75 Å². The van der Waals surface area contributed by atoms with Crippen LogP contribution in [0.25, 0.3) is 0 Å². The fourth-order valence-corrected chi connectivity index (χ4v) is 3.35. The third kappa shape index (κ3) is 5.42. The molecule has 6 nitrogen and oxygen atoms in total. The molecule has 1 aliphatic rings. The van der Waals surface area contributed by atoms with Crippen molar-refractivity contribution >= 4 is 23.1 Å². The van der Waals surface area contributed by atoms with Gasteiger partial charge in [0, 0.05) is 42.2 Å². The molecule has 0 radical (unpaired) electrons. The van der Waals surface area contributed by atoms with Crippen LogP contribution in [0.4, 0.5) is 5.69 Å². The number of nitrogens with two attached hydrogens (primary N) is 1. The van der Waals surface area contributed by atoms with Gasteiger partial charge < -0.3 is 20.9 Å². The summed E-state index contributed by atoms with van der Waals surface area (Å²) in [7, 11) is 1.65. The molecule has 1 aromatic heterocycles. The van der Waals surface area contributed by atoms with E-state index in [9.17, 15) is 5.11 Å². The lowest BCUT2D eigenvalue weighted by atomic mass is 9.98. The maximum atomic E-state index is 9.82. The zero-order valence-corrected chi connectivity index (χ0v) is 17.7. The Kier molecular flexibility index (Phi) is 7.14. The van der Waals surface area contributed by atoms with Gasteiger partial charge in [-0.1, -0.05) is 17.7 Å². The Labute approximate surface area is 181 Å². The third-order valence-electron chi connectivity index (χ3n) is 4.78. The van der Waals surface area contributed by atoms with E-state index >= 15 is 0 Å². The van der Waals surface area contributed by atoms with Crippen molar-refractivity contribution in [1.29, 1.82) is 0 Å². The van der Waals surface area contributed by atoms with Crippen LogP contribution in [0.2, 0.25) is 5.02 Å². The monoisotopic (exact) mass is 424 g/mol. The number of amidine groups is 1. The lowest BCUT2D eigenvalue weighted by Gasteiger charge is -2.22. The van der Waals surface area contributed by atoms with Gasteiger partial charge in [-0.05, 0) is 55.3 Å². The highest BCUT2D eigenvalue weighted by atomic mass is 35.5. The number of hydrogen-bond acceptors (Lipinski definition) is 5. The van der Waals surface area contributed by atoms with Crippen LogP contribution in [-0.2, 0) is 4.74 Å². The van der Waals surface area contributed by atoms with Crippen molar-refractivity contribution < 1.29 is 9.84 Å². The fourth-order valence-electron chi connectivity index (χ4n) is 3.18. The molecule has 0 amide bonds. The van der Waals surface area contributed by atoms with Crippen molar-refractivity contribution in [2.24, 2.45) is 10.7 Å². The molecule has 0 spiro atoms. The van der Waals surface area contributed by atoms with Gasteiger partial charge in [-0.25, -0.2) is 4.99 Å². The first-order valence-corrected chi connectivity index (χ1v) is 9.98. The Balaban J connectivity index is 2.00. The standard InChI is InChI=1S/C23H25ClN4O2/c1-15(27-22-13-17(29)8-11-20(22)24)19-10-9-18(30-2)6-3-7-21(19)28-23(25)16-5-4-12-26-14-16/h3-6,8-9,11-15,27,29H,7,10H2,1-2H3,(H2,25,28)/b6-3-,18-9+,21-19-. The molecule has 0 bridgehead atoms. The molecule has 1 unspecified atom stereocenters. The molecule has 7 heteroatoms. The van der Waals surface area contributed by atoms with Gasteiger partial charge in [-0.2, -0.15) is 0 Å². The van der Waals surface area contributed by atoms with Crippen LogP contribution in [0, 0.1) is 0 Å². The number of ether oxygens (including phenoxy) is 1. The van der Waals surface area contributed by atoms with Crippen molar-refractivity contribution in [2.45, 2.75) is 25.8 Å². The number of nitrogens with one attached hydrogen (secondary N) is 1. The van der Waals surface area contributed by atoms with Gasteiger partial charge in [-0.15, -0.1) is 0 Å². The molecule has 2 aromatic rings. The Hall–Kier alpha value is -3.25. The number of pyridine rings is 1. The number of rotatable bonds is 6. The maximum Gasteiger partial charge on any atom is 0.132 e. The van der Waals surface area contributed by atoms with Crippen molar-refractivity contribution in [3.63, 3.8) is 0 Å². The lowest BCUT2D eigenvalue weighted by Crippen LogP contribution is -2.21. The summed E-state index contributed by atoms with van der Waals surface area (Å²) in [6.45, 7) is 2.02. The Bertz CT molecular complexity index is 1010. The zero-order chi connectivity index (χ0) is 21.5. The van der Waals surface area contributed by atoms with E-state index in [4.69, 9.17) is 27.1 Å². The predicted molar refractivity (Wildman–Crippen MR) is 122 cm³/mol. The summed E-state index contributed by atoms with van der Waals surface area (Å²) in [5, 5.41) is 13.7. The largest absolute Gasteiger partial charge is 0.508 e. The van der Waals surface area contributed by atoms with Crippen molar-refractivity contribution in [1.82, 2.24) is 4.98 Å². The number of aliphatic imine (C=N–C) groups is 1. The van der Waals surface area contributed by atoms with Crippen LogP contribution in [-0.4, -0.2) is 29.1 Å². The lowest BCUT2D eigenvalue weighted by molar-refractivity contribution is 0.305. The fraction of sp³-hybridized carbons (Fsp3) is 0.217. The number of phenols is 1. The molecular weight excluding hydrogens is 400 g/mol.